The average molecular weight is 364 g/mol. The number of hydrogen-bond donors (Lipinski definition) is 2. The number of imidazole rings is 1. The smallest absolute Gasteiger partial charge is 0.234 e. The van der Waals surface area contributed by atoms with Crippen LogP contribution in [0.25, 0.3) is 0 Å². The van der Waals surface area contributed by atoms with Crippen LogP contribution in [0.1, 0.15) is 44.5 Å². The van der Waals surface area contributed by atoms with Crippen LogP contribution >= 0.6 is 0 Å². The molecule has 0 spiro atoms. The highest BCUT2D eigenvalue weighted by molar-refractivity contribution is 5.78. The standard InChI is InChI=1S/C19H33N5O2/c1-15-5-3-4-6-17(15)26-12-9-21-18(25)14-24-11-7-20-13-16(24)19-22-8-10-23(19)2/h8,10,15-17,20H,3-7,9,11-14H2,1-2H3,(H,21,25). The van der Waals surface area contributed by atoms with Crippen molar-refractivity contribution in [2.75, 3.05) is 39.3 Å². The Balaban J connectivity index is 1.41. The van der Waals surface area contributed by atoms with Crippen LogP contribution in [0.4, 0.5) is 0 Å². The molecule has 2 aliphatic rings. The van der Waals surface area contributed by atoms with Crippen molar-refractivity contribution in [1.29, 1.82) is 0 Å². The number of rotatable bonds is 7. The van der Waals surface area contributed by atoms with E-state index in [2.05, 4.69) is 27.4 Å². The van der Waals surface area contributed by atoms with Gasteiger partial charge in [0.15, 0.2) is 0 Å². The minimum Gasteiger partial charge on any atom is -0.376 e. The van der Waals surface area contributed by atoms with Gasteiger partial charge >= 0.3 is 0 Å². The predicted octanol–water partition coefficient (Wildman–Crippen LogP) is 1.08. The van der Waals surface area contributed by atoms with Crippen molar-refractivity contribution < 1.29 is 9.53 Å². The molecule has 1 amide bonds. The Morgan fingerprint density at radius 2 is 2.27 bits per heavy atom. The Morgan fingerprint density at radius 1 is 1.42 bits per heavy atom. The third-order valence-electron chi connectivity index (χ3n) is 5.65. The number of hydrogen-bond acceptors (Lipinski definition) is 5. The van der Waals surface area contributed by atoms with Crippen LogP contribution in [0.15, 0.2) is 12.4 Å². The molecule has 1 aliphatic carbocycles. The van der Waals surface area contributed by atoms with Crippen molar-refractivity contribution in [3.05, 3.63) is 18.2 Å². The molecule has 3 unspecified atom stereocenters. The van der Waals surface area contributed by atoms with Gasteiger partial charge in [-0.2, -0.15) is 0 Å². The van der Waals surface area contributed by atoms with Crippen LogP contribution in [0.3, 0.4) is 0 Å². The first kappa shape index (κ1) is 19.3. The molecule has 0 radical (unpaired) electrons. The maximum absolute atomic E-state index is 12.4. The average Bonchev–Trinajstić information content (AvgIpc) is 3.06. The normalized spacial score (nSPS) is 27.4. The molecule has 1 saturated heterocycles. The highest BCUT2D eigenvalue weighted by Gasteiger charge is 2.28. The van der Waals surface area contributed by atoms with E-state index in [1.165, 1.54) is 19.3 Å². The van der Waals surface area contributed by atoms with E-state index in [9.17, 15) is 4.79 Å². The Hall–Kier alpha value is -1.44. The lowest BCUT2D eigenvalue weighted by atomic mass is 9.88. The second-order valence-electron chi connectivity index (χ2n) is 7.61. The SMILES string of the molecule is CC1CCCCC1OCCNC(=O)CN1CCNCC1c1nccn1C. The molecule has 3 rings (SSSR count). The molecule has 0 bridgehead atoms. The van der Waals surface area contributed by atoms with Crippen molar-refractivity contribution in [2.24, 2.45) is 13.0 Å². The van der Waals surface area contributed by atoms with Gasteiger partial charge in [0.2, 0.25) is 5.91 Å². The van der Waals surface area contributed by atoms with E-state index in [-0.39, 0.29) is 11.9 Å². The van der Waals surface area contributed by atoms with Crippen LogP contribution in [0.2, 0.25) is 0 Å². The molecule has 7 heteroatoms. The zero-order valence-corrected chi connectivity index (χ0v) is 16.1. The van der Waals surface area contributed by atoms with E-state index >= 15 is 0 Å². The second kappa shape index (κ2) is 9.48. The van der Waals surface area contributed by atoms with E-state index in [1.807, 2.05) is 24.0 Å². The summed E-state index contributed by atoms with van der Waals surface area (Å²) >= 11 is 0. The van der Waals surface area contributed by atoms with E-state index in [4.69, 9.17) is 4.74 Å². The quantitative estimate of drug-likeness (QED) is 0.710. The number of piperazine rings is 1. The van der Waals surface area contributed by atoms with Gasteiger partial charge in [-0.3, -0.25) is 9.69 Å². The fourth-order valence-corrected chi connectivity index (χ4v) is 4.06. The summed E-state index contributed by atoms with van der Waals surface area (Å²) in [4.78, 5) is 19.0. The van der Waals surface area contributed by atoms with E-state index in [0.29, 0.717) is 31.7 Å². The van der Waals surface area contributed by atoms with Crippen molar-refractivity contribution in [2.45, 2.75) is 44.8 Å². The van der Waals surface area contributed by atoms with E-state index < -0.39 is 0 Å². The van der Waals surface area contributed by atoms with Gasteiger partial charge in [-0.1, -0.05) is 19.8 Å². The molecule has 146 valence electrons. The highest BCUT2D eigenvalue weighted by atomic mass is 16.5. The molecule has 3 atom stereocenters. The number of nitrogens with one attached hydrogen (secondary N) is 2. The minimum absolute atomic E-state index is 0.0615. The summed E-state index contributed by atoms with van der Waals surface area (Å²) in [5.41, 5.74) is 0. The first-order chi connectivity index (χ1) is 12.6. The van der Waals surface area contributed by atoms with Crippen LogP contribution < -0.4 is 10.6 Å². The molecule has 7 nitrogen and oxygen atoms in total. The lowest BCUT2D eigenvalue weighted by Gasteiger charge is -2.35. The summed E-state index contributed by atoms with van der Waals surface area (Å²) < 4.78 is 8.01. The number of aromatic nitrogens is 2. The van der Waals surface area contributed by atoms with Gasteiger partial charge < -0.3 is 19.9 Å². The van der Waals surface area contributed by atoms with E-state index in [1.54, 1.807) is 0 Å². The molecule has 1 aromatic heterocycles. The summed E-state index contributed by atoms with van der Waals surface area (Å²) in [6.45, 7) is 6.43. The highest BCUT2D eigenvalue weighted by Crippen LogP contribution is 2.26. The molecule has 0 aromatic carbocycles. The zero-order chi connectivity index (χ0) is 18.4. The number of carbonyl (C=O) groups is 1. The Morgan fingerprint density at radius 3 is 3.04 bits per heavy atom. The zero-order valence-electron chi connectivity index (χ0n) is 16.1. The van der Waals surface area contributed by atoms with Gasteiger partial charge in [0.05, 0.1) is 25.3 Å². The molecule has 26 heavy (non-hydrogen) atoms. The first-order valence-corrected chi connectivity index (χ1v) is 9.95. The molecule has 2 fully saturated rings. The van der Waals surface area contributed by atoms with E-state index in [0.717, 1.165) is 31.9 Å². The number of nitrogens with zero attached hydrogens (tertiary/aromatic N) is 3. The van der Waals surface area contributed by atoms with Crippen molar-refractivity contribution in [3.63, 3.8) is 0 Å². The third-order valence-corrected chi connectivity index (χ3v) is 5.65. The van der Waals surface area contributed by atoms with Crippen LogP contribution in [-0.4, -0.2) is 65.8 Å². The maximum Gasteiger partial charge on any atom is 0.234 e. The lowest BCUT2D eigenvalue weighted by Crippen LogP contribution is -2.50. The summed E-state index contributed by atoms with van der Waals surface area (Å²) in [5, 5.41) is 6.41. The van der Waals surface area contributed by atoms with Gasteiger partial charge in [-0.25, -0.2) is 4.98 Å². The van der Waals surface area contributed by atoms with Crippen molar-refractivity contribution >= 4 is 5.91 Å². The number of aryl methyl sites for hydroxylation is 1. The molecule has 2 N–H and O–H groups in total. The fourth-order valence-electron chi connectivity index (χ4n) is 4.06. The van der Waals surface area contributed by atoms with Crippen molar-refractivity contribution in [1.82, 2.24) is 25.1 Å². The Kier molecular flexibility index (Phi) is 7.05. The van der Waals surface area contributed by atoms with Crippen LogP contribution in [-0.2, 0) is 16.6 Å². The molecular formula is C19H33N5O2. The van der Waals surface area contributed by atoms with Crippen molar-refractivity contribution in [3.8, 4) is 0 Å². The molecule has 1 saturated carbocycles. The first-order valence-electron chi connectivity index (χ1n) is 9.95. The van der Waals surface area contributed by atoms with Crippen LogP contribution in [0.5, 0.6) is 0 Å². The third kappa shape index (κ3) is 5.05. The number of carbonyl (C=O) groups excluding carboxylic acids is 1. The lowest BCUT2D eigenvalue weighted by molar-refractivity contribution is -0.123. The number of amides is 1. The minimum atomic E-state index is 0.0615. The largest absolute Gasteiger partial charge is 0.376 e. The number of ether oxygens (including phenoxy) is 1. The molecular weight excluding hydrogens is 330 g/mol. The monoisotopic (exact) mass is 363 g/mol. The van der Waals surface area contributed by atoms with Crippen LogP contribution in [0, 0.1) is 5.92 Å². The summed E-state index contributed by atoms with van der Waals surface area (Å²) in [7, 11) is 2.00. The van der Waals surface area contributed by atoms with Gasteiger partial charge in [0.25, 0.3) is 0 Å². The maximum atomic E-state index is 12.4. The second-order valence-corrected chi connectivity index (χ2v) is 7.61. The molecule has 1 aliphatic heterocycles. The molecule has 1 aromatic rings. The fraction of sp³-hybridized carbons (Fsp3) is 0.789. The molecule has 2 heterocycles. The summed E-state index contributed by atoms with van der Waals surface area (Å²) in [6, 6.07) is 0.133. The summed E-state index contributed by atoms with van der Waals surface area (Å²) in [5.74, 6) is 1.70. The topological polar surface area (TPSA) is 71.4 Å². The van der Waals surface area contributed by atoms with Gasteiger partial charge in [-0.15, -0.1) is 0 Å². The summed E-state index contributed by atoms with van der Waals surface area (Å²) in [6.07, 6.45) is 9.12. The predicted molar refractivity (Wildman–Crippen MR) is 101 cm³/mol. The van der Waals surface area contributed by atoms with Gasteiger partial charge in [0, 0.05) is 45.6 Å². The van der Waals surface area contributed by atoms with Gasteiger partial charge in [-0.05, 0) is 18.8 Å². The Labute approximate surface area is 156 Å². The Bertz CT molecular complexity index is 576. The van der Waals surface area contributed by atoms with Gasteiger partial charge in [0.1, 0.15) is 5.82 Å².